The second-order valence-corrected chi connectivity index (χ2v) is 5.00. The average Bonchev–Trinajstić information content (AvgIpc) is 2.79. The number of hydrogen-bond donors (Lipinski definition) is 2. The molecular weight excluding hydrogens is 287 g/mol. The molecule has 0 spiro atoms. The third-order valence-electron chi connectivity index (χ3n) is 3.07. The molecule has 0 bridgehead atoms. The van der Waals surface area contributed by atoms with Crippen LogP contribution in [-0.2, 0) is 6.54 Å². The number of nitrogens with two attached hydrogens (primary N) is 1. The van der Waals surface area contributed by atoms with E-state index >= 15 is 0 Å². The summed E-state index contributed by atoms with van der Waals surface area (Å²) in [4.78, 5) is 1.96. The molecule has 0 aliphatic rings. The Hall–Kier alpha value is -1.32. The van der Waals surface area contributed by atoms with Crippen molar-refractivity contribution in [1.82, 2.24) is 20.1 Å². The minimum atomic E-state index is -4.23. The van der Waals surface area contributed by atoms with E-state index in [1.165, 1.54) is 13.3 Å². The lowest BCUT2D eigenvalue weighted by molar-refractivity contribution is -0.136. The Kier molecular flexibility index (Phi) is 6.43. The number of aromatic nitrogens is 2. The molecule has 122 valence electrons. The van der Waals surface area contributed by atoms with E-state index in [2.05, 4.69) is 10.5 Å². The molecule has 0 aromatic carbocycles. The van der Waals surface area contributed by atoms with Crippen molar-refractivity contribution in [2.24, 2.45) is 5.84 Å². The minimum absolute atomic E-state index is 0.177. The molecule has 1 rings (SSSR count). The Morgan fingerprint density at radius 2 is 2.14 bits per heavy atom. The summed E-state index contributed by atoms with van der Waals surface area (Å²) in [5, 5.41) is 4.16. The quantitative estimate of drug-likeness (QED) is 0.560. The lowest BCUT2D eigenvalue weighted by atomic mass is 10.1. The zero-order valence-electron chi connectivity index (χ0n) is 12.4. The number of nitrogens with zero attached hydrogens (tertiary/aromatic N) is 3. The average molecular weight is 309 g/mol. The SMILES string of the molecule is COc1cnn(CCN(C)C)c1C(CCC(F)(F)F)NN. The van der Waals surface area contributed by atoms with E-state index in [1.54, 1.807) is 4.68 Å². The van der Waals surface area contributed by atoms with Crippen LogP contribution in [0.5, 0.6) is 5.75 Å². The number of alkyl halides is 3. The maximum absolute atomic E-state index is 12.4. The number of hydrazine groups is 1. The molecule has 1 aromatic heterocycles. The Labute approximate surface area is 122 Å². The van der Waals surface area contributed by atoms with Crippen molar-refractivity contribution in [3.05, 3.63) is 11.9 Å². The summed E-state index contributed by atoms with van der Waals surface area (Å²) in [5.41, 5.74) is 2.96. The zero-order valence-corrected chi connectivity index (χ0v) is 12.4. The predicted octanol–water partition coefficient (Wildman–Crippen LogP) is 1.30. The van der Waals surface area contributed by atoms with Crippen molar-refractivity contribution < 1.29 is 17.9 Å². The third-order valence-corrected chi connectivity index (χ3v) is 3.07. The normalized spacial score (nSPS) is 13.7. The van der Waals surface area contributed by atoms with E-state index in [1.807, 2.05) is 19.0 Å². The van der Waals surface area contributed by atoms with Crippen molar-refractivity contribution in [1.29, 1.82) is 0 Å². The highest BCUT2D eigenvalue weighted by Gasteiger charge is 2.30. The van der Waals surface area contributed by atoms with Crippen LogP contribution in [0.15, 0.2) is 6.20 Å². The Morgan fingerprint density at radius 3 is 2.62 bits per heavy atom. The molecule has 9 heteroatoms. The number of likely N-dealkylation sites (N-methyl/N-ethyl adjacent to an activating group) is 1. The van der Waals surface area contributed by atoms with Gasteiger partial charge in [0.05, 0.1) is 31.6 Å². The molecule has 3 N–H and O–H groups in total. The van der Waals surface area contributed by atoms with Gasteiger partial charge in [-0.2, -0.15) is 18.3 Å². The van der Waals surface area contributed by atoms with Gasteiger partial charge in [-0.3, -0.25) is 16.0 Å². The lowest BCUT2D eigenvalue weighted by Gasteiger charge is -2.20. The van der Waals surface area contributed by atoms with Gasteiger partial charge in [0, 0.05) is 13.0 Å². The van der Waals surface area contributed by atoms with Crippen molar-refractivity contribution in [2.45, 2.75) is 31.6 Å². The summed E-state index contributed by atoms with van der Waals surface area (Å²) < 4.78 is 44.0. The molecule has 1 heterocycles. The van der Waals surface area contributed by atoms with E-state index in [9.17, 15) is 13.2 Å². The molecule has 0 radical (unpaired) electrons. The van der Waals surface area contributed by atoms with Gasteiger partial charge in [0.15, 0.2) is 5.75 Å². The van der Waals surface area contributed by atoms with E-state index in [4.69, 9.17) is 10.6 Å². The largest absolute Gasteiger partial charge is 0.493 e. The Balaban J connectivity index is 2.91. The second kappa shape index (κ2) is 7.62. The van der Waals surface area contributed by atoms with E-state index in [-0.39, 0.29) is 6.42 Å². The van der Waals surface area contributed by atoms with Crippen LogP contribution in [0.25, 0.3) is 0 Å². The number of methoxy groups -OCH3 is 1. The van der Waals surface area contributed by atoms with Crippen molar-refractivity contribution in [2.75, 3.05) is 27.7 Å². The number of rotatable bonds is 8. The van der Waals surface area contributed by atoms with Crippen LogP contribution in [0.3, 0.4) is 0 Å². The standard InChI is InChI=1S/C12H22F3N5O/c1-19(2)6-7-20-11(10(21-3)8-17-20)9(18-16)4-5-12(13,14)15/h8-9,18H,4-7,16H2,1-3H3. The molecule has 1 unspecified atom stereocenters. The summed E-state index contributed by atoms with van der Waals surface area (Å²) in [6, 6.07) is -0.675. The fourth-order valence-electron chi connectivity index (χ4n) is 1.97. The highest BCUT2D eigenvalue weighted by atomic mass is 19.4. The molecule has 0 saturated heterocycles. The number of halogens is 3. The molecular formula is C12H22F3N5O. The van der Waals surface area contributed by atoms with Crippen LogP contribution >= 0.6 is 0 Å². The van der Waals surface area contributed by atoms with Crippen molar-refractivity contribution in [3.63, 3.8) is 0 Å². The molecule has 0 saturated carbocycles. The molecule has 0 fully saturated rings. The molecule has 1 aromatic rings. The van der Waals surface area contributed by atoms with Gasteiger partial charge in [0.2, 0.25) is 0 Å². The fraction of sp³-hybridized carbons (Fsp3) is 0.750. The van der Waals surface area contributed by atoms with E-state index in [0.29, 0.717) is 24.5 Å². The first-order chi connectivity index (χ1) is 9.78. The van der Waals surface area contributed by atoms with Crippen LogP contribution in [0.4, 0.5) is 13.2 Å². The van der Waals surface area contributed by atoms with Gasteiger partial charge >= 0.3 is 6.18 Å². The molecule has 21 heavy (non-hydrogen) atoms. The molecule has 1 atom stereocenters. The highest BCUT2D eigenvalue weighted by molar-refractivity contribution is 5.28. The predicted molar refractivity (Wildman–Crippen MR) is 72.7 cm³/mol. The third kappa shape index (κ3) is 5.52. The Bertz CT molecular complexity index is 433. The van der Waals surface area contributed by atoms with Crippen LogP contribution in [0.1, 0.15) is 24.6 Å². The minimum Gasteiger partial charge on any atom is -0.493 e. The van der Waals surface area contributed by atoms with E-state index < -0.39 is 18.6 Å². The van der Waals surface area contributed by atoms with Crippen molar-refractivity contribution in [3.8, 4) is 5.75 Å². The van der Waals surface area contributed by atoms with Crippen LogP contribution in [-0.4, -0.2) is 48.6 Å². The van der Waals surface area contributed by atoms with Crippen LogP contribution < -0.4 is 16.0 Å². The maximum Gasteiger partial charge on any atom is 0.389 e. The Morgan fingerprint density at radius 1 is 1.48 bits per heavy atom. The smallest absolute Gasteiger partial charge is 0.389 e. The fourth-order valence-corrected chi connectivity index (χ4v) is 1.97. The number of hydrogen-bond acceptors (Lipinski definition) is 5. The maximum atomic E-state index is 12.4. The lowest BCUT2D eigenvalue weighted by Crippen LogP contribution is -2.32. The number of ether oxygens (including phenoxy) is 1. The zero-order chi connectivity index (χ0) is 16.0. The van der Waals surface area contributed by atoms with Gasteiger partial charge in [0.25, 0.3) is 0 Å². The monoisotopic (exact) mass is 309 g/mol. The molecule has 6 nitrogen and oxygen atoms in total. The highest BCUT2D eigenvalue weighted by Crippen LogP contribution is 2.31. The van der Waals surface area contributed by atoms with Crippen LogP contribution in [0.2, 0.25) is 0 Å². The van der Waals surface area contributed by atoms with Crippen LogP contribution in [0, 0.1) is 0 Å². The first-order valence-corrected chi connectivity index (χ1v) is 6.55. The van der Waals surface area contributed by atoms with Gasteiger partial charge in [-0.1, -0.05) is 0 Å². The summed E-state index contributed by atoms with van der Waals surface area (Å²) in [7, 11) is 5.26. The topological polar surface area (TPSA) is 68.3 Å². The number of nitrogens with one attached hydrogen (secondary N) is 1. The first kappa shape index (κ1) is 17.7. The summed E-state index contributed by atoms with van der Waals surface area (Å²) in [6.45, 7) is 1.24. The van der Waals surface area contributed by atoms with Gasteiger partial charge in [-0.15, -0.1) is 0 Å². The molecule has 0 aliphatic carbocycles. The van der Waals surface area contributed by atoms with Gasteiger partial charge in [0.1, 0.15) is 0 Å². The molecule has 0 aliphatic heterocycles. The van der Waals surface area contributed by atoms with Crippen molar-refractivity contribution >= 4 is 0 Å². The molecule has 0 amide bonds. The first-order valence-electron chi connectivity index (χ1n) is 6.55. The summed E-state index contributed by atoms with van der Waals surface area (Å²) in [5.74, 6) is 5.85. The van der Waals surface area contributed by atoms with E-state index in [0.717, 1.165) is 0 Å². The second-order valence-electron chi connectivity index (χ2n) is 5.00. The van der Waals surface area contributed by atoms with Gasteiger partial charge in [-0.25, -0.2) is 0 Å². The summed E-state index contributed by atoms with van der Waals surface area (Å²) in [6.07, 6.45) is -3.84. The summed E-state index contributed by atoms with van der Waals surface area (Å²) >= 11 is 0. The van der Waals surface area contributed by atoms with Gasteiger partial charge in [-0.05, 0) is 20.5 Å². The van der Waals surface area contributed by atoms with Gasteiger partial charge < -0.3 is 9.64 Å².